The number of hydrogen-bond donors (Lipinski definition) is 3. The first kappa shape index (κ1) is 42.3. The fourth-order valence-electron chi connectivity index (χ4n) is 9.20. The van der Waals surface area contributed by atoms with E-state index in [1.807, 2.05) is 47.6 Å². The summed E-state index contributed by atoms with van der Waals surface area (Å²) in [7, 11) is -4.55. The molecule has 5 aromatic rings. The lowest BCUT2D eigenvalue weighted by molar-refractivity contribution is -0.384. The van der Waals surface area contributed by atoms with Crippen molar-refractivity contribution in [2.45, 2.75) is 50.8 Å². The Bertz CT molecular complexity index is 2650. The van der Waals surface area contributed by atoms with Gasteiger partial charge in [0, 0.05) is 88.2 Å². The van der Waals surface area contributed by atoms with Crippen molar-refractivity contribution in [2.75, 3.05) is 80.8 Å². The summed E-state index contributed by atoms with van der Waals surface area (Å²) in [5.41, 5.74) is 6.92. The molecule has 2 fully saturated rings. The third kappa shape index (κ3) is 9.22. The van der Waals surface area contributed by atoms with E-state index in [0.29, 0.717) is 49.2 Å². The van der Waals surface area contributed by atoms with Gasteiger partial charge in [-0.2, -0.15) is 4.98 Å². The number of hydrogen-bond acceptors (Lipinski definition) is 13. The number of ether oxygens (including phenoxy) is 2. The molecule has 0 bridgehead atoms. The maximum atomic E-state index is 14.3. The lowest BCUT2D eigenvalue weighted by Crippen LogP contribution is -2.47. The maximum Gasteiger partial charge on any atom is 0.293 e. The molecule has 1 amide bonds. The molecular formula is C46H53N9O7S. The number of nitrogens with zero attached hydrogens (tertiary/aromatic N) is 6. The van der Waals surface area contributed by atoms with Gasteiger partial charge in [-0.05, 0) is 103 Å². The van der Waals surface area contributed by atoms with Gasteiger partial charge in [-0.1, -0.05) is 25.5 Å². The second kappa shape index (κ2) is 17.6. The quantitative estimate of drug-likeness (QED) is 0.0849. The standard InChI is InChI=1S/C46H53N9O7S/c1-46(2)13-9-34(38(27-46)33-4-3-14-47-29-33)30-52-16-18-53(19-17-52)35-5-7-37(40(25-35)54-20-23-62-45-42(54)24-32-10-15-48-43(32)50-45)44(56)51-63(59,60)36-6-8-39(41(26-36)55(57)58)49-28-31-11-21-61-22-12-31/h3-8,10,14-15,24-26,29,31,49H,9,11-13,16-23,27-28,30H2,1-2H3,(H,48,50)(H,51,56). The Morgan fingerprint density at radius 2 is 1.83 bits per heavy atom. The van der Waals surface area contributed by atoms with Crippen LogP contribution in [0.2, 0.25) is 0 Å². The second-order valence-electron chi connectivity index (χ2n) is 17.7. The molecule has 0 saturated carbocycles. The highest BCUT2D eigenvalue weighted by Gasteiger charge is 2.32. The Kier molecular flexibility index (Phi) is 11.8. The van der Waals surface area contributed by atoms with Crippen LogP contribution < -0.4 is 24.6 Å². The number of sulfonamides is 1. The number of H-pyrrole nitrogens is 1. The number of fused-ring (bicyclic) bond motifs is 2. The van der Waals surface area contributed by atoms with E-state index in [1.54, 1.807) is 12.3 Å². The van der Waals surface area contributed by atoms with Gasteiger partial charge >= 0.3 is 0 Å². The molecule has 2 saturated heterocycles. The number of piperazine rings is 1. The molecule has 330 valence electrons. The van der Waals surface area contributed by atoms with Gasteiger partial charge in [-0.15, -0.1) is 0 Å². The average Bonchev–Trinajstić information content (AvgIpc) is 3.76. The van der Waals surface area contributed by atoms with Gasteiger partial charge in [0.05, 0.1) is 27.6 Å². The Balaban J connectivity index is 0.976. The number of aromatic amines is 1. The Hall–Kier alpha value is -6.04. The maximum absolute atomic E-state index is 14.3. The highest BCUT2D eigenvalue weighted by Crippen LogP contribution is 2.44. The molecule has 0 atom stereocenters. The van der Waals surface area contributed by atoms with Crippen LogP contribution in [0.4, 0.5) is 28.4 Å². The molecule has 9 rings (SSSR count). The molecule has 0 spiro atoms. The molecule has 3 N–H and O–H groups in total. The normalized spacial score (nSPS) is 18.5. The first-order valence-corrected chi connectivity index (χ1v) is 23.2. The number of carbonyl (C=O) groups is 1. The van der Waals surface area contributed by atoms with Gasteiger partial charge in [0.15, 0.2) is 0 Å². The summed E-state index contributed by atoms with van der Waals surface area (Å²) < 4.78 is 41.4. The van der Waals surface area contributed by atoms with Crippen molar-refractivity contribution in [1.82, 2.24) is 24.6 Å². The van der Waals surface area contributed by atoms with Crippen molar-refractivity contribution in [3.8, 4) is 5.88 Å². The fourth-order valence-corrected chi connectivity index (χ4v) is 10.2. The largest absolute Gasteiger partial charge is 0.474 e. The molecule has 2 aromatic carbocycles. The van der Waals surface area contributed by atoms with Gasteiger partial charge in [-0.3, -0.25) is 24.8 Å². The molecule has 0 unspecified atom stereocenters. The highest BCUT2D eigenvalue weighted by molar-refractivity contribution is 7.90. The third-order valence-electron chi connectivity index (χ3n) is 12.8. The van der Waals surface area contributed by atoms with E-state index in [0.717, 1.165) is 82.0 Å². The minimum atomic E-state index is -4.55. The van der Waals surface area contributed by atoms with Crippen molar-refractivity contribution in [2.24, 2.45) is 11.3 Å². The lowest BCUT2D eigenvalue weighted by atomic mass is 9.72. The van der Waals surface area contributed by atoms with Gasteiger partial charge in [0.1, 0.15) is 23.6 Å². The van der Waals surface area contributed by atoms with Crippen molar-refractivity contribution in [1.29, 1.82) is 0 Å². The summed E-state index contributed by atoms with van der Waals surface area (Å²) >= 11 is 0. The zero-order valence-corrected chi connectivity index (χ0v) is 36.5. The number of rotatable bonds is 12. The van der Waals surface area contributed by atoms with E-state index in [9.17, 15) is 23.3 Å². The molecular weight excluding hydrogens is 823 g/mol. The van der Waals surface area contributed by atoms with Gasteiger partial charge in [0.2, 0.25) is 5.88 Å². The van der Waals surface area contributed by atoms with Crippen LogP contribution in [0.1, 0.15) is 61.9 Å². The molecule has 16 nitrogen and oxygen atoms in total. The van der Waals surface area contributed by atoms with E-state index in [2.05, 4.69) is 49.7 Å². The smallest absolute Gasteiger partial charge is 0.293 e. The van der Waals surface area contributed by atoms with E-state index in [-0.39, 0.29) is 29.2 Å². The minimum Gasteiger partial charge on any atom is -0.474 e. The second-order valence-corrected chi connectivity index (χ2v) is 19.3. The summed E-state index contributed by atoms with van der Waals surface area (Å²) in [5, 5.41) is 16.1. The molecule has 0 radical (unpaired) electrons. The van der Waals surface area contributed by atoms with Crippen LogP contribution in [-0.4, -0.2) is 105 Å². The van der Waals surface area contributed by atoms with Crippen LogP contribution in [-0.2, 0) is 14.8 Å². The van der Waals surface area contributed by atoms with Crippen molar-refractivity contribution < 1.29 is 27.6 Å². The number of aromatic nitrogens is 3. The number of amides is 1. The number of pyridine rings is 2. The minimum absolute atomic E-state index is 0.113. The number of benzene rings is 2. The topological polar surface area (TPSA) is 188 Å². The summed E-state index contributed by atoms with van der Waals surface area (Å²) in [5.74, 6) is -0.209. The van der Waals surface area contributed by atoms with Gasteiger partial charge < -0.3 is 29.6 Å². The fraction of sp³-hybridized carbons (Fsp3) is 0.413. The van der Waals surface area contributed by atoms with E-state index in [4.69, 9.17) is 14.5 Å². The molecule has 17 heteroatoms. The third-order valence-corrected chi connectivity index (χ3v) is 14.1. The van der Waals surface area contributed by atoms with Crippen LogP contribution in [0.25, 0.3) is 16.6 Å². The number of nitrogens with one attached hydrogen (secondary N) is 3. The predicted octanol–water partition coefficient (Wildman–Crippen LogP) is 7.14. The van der Waals surface area contributed by atoms with Crippen LogP contribution >= 0.6 is 0 Å². The molecule has 3 aliphatic heterocycles. The number of allylic oxidation sites excluding steroid dienone is 1. The number of nitro groups is 1. The van der Waals surface area contributed by atoms with E-state index >= 15 is 0 Å². The van der Waals surface area contributed by atoms with Crippen LogP contribution in [0.3, 0.4) is 0 Å². The molecule has 1 aliphatic carbocycles. The van der Waals surface area contributed by atoms with Crippen molar-refractivity contribution in [3.05, 3.63) is 106 Å². The van der Waals surface area contributed by atoms with Crippen molar-refractivity contribution in [3.63, 3.8) is 0 Å². The Morgan fingerprint density at radius 3 is 2.60 bits per heavy atom. The molecule has 4 aliphatic rings. The number of nitro benzene ring substituents is 1. The summed E-state index contributed by atoms with van der Waals surface area (Å²) in [6, 6.07) is 17.1. The predicted molar refractivity (Wildman–Crippen MR) is 242 cm³/mol. The van der Waals surface area contributed by atoms with Crippen LogP contribution in [0, 0.1) is 21.4 Å². The van der Waals surface area contributed by atoms with Gasteiger partial charge in [-0.25, -0.2) is 13.1 Å². The van der Waals surface area contributed by atoms with E-state index in [1.165, 1.54) is 28.8 Å². The Labute approximate surface area is 366 Å². The monoisotopic (exact) mass is 875 g/mol. The van der Waals surface area contributed by atoms with Crippen LogP contribution in [0.15, 0.2) is 89.7 Å². The first-order chi connectivity index (χ1) is 30.4. The average molecular weight is 876 g/mol. The molecule has 6 heterocycles. The SMILES string of the molecule is CC1(C)CCC(CN2CCN(c3ccc(C(=O)NS(=O)(=O)c4ccc(NCC5CCOCC5)c([N+](=O)[O-])c4)c(N4CCOc5nc6[nH]ccc6cc54)c3)CC2)=C(c2cccnc2)C1. The summed E-state index contributed by atoms with van der Waals surface area (Å²) in [4.78, 5) is 44.4. The van der Waals surface area contributed by atoms with Crippen molar-refractivity contribution >= 4 is 61.0 Å². The Morgan fingerprint density at radius 1 is 1.00 bits per heavy atom. The molecule has 3 aromatic heterocycles. The van der Waals surface area contributed by atoms with Crippen LogP contribution in [0.5, 0.6) is 5.88 Å². The number of anilines is 4. The summed E-state index contributed by atoms with van der Waals surface area (Å²) in [6.07, 6.45) is 10.5. The summed E-state index contributed by atoms with van der Waals surface area (Å²) in [6.45, 7) is 11.2. The highest BCUT2D eigenvalue weighted by atomic mass is 32.2. The number of carbonyl (C=O) groups excluding carboxylic acids is 1. The first-order valence-electron chi connectivity index (χ1n) is 21.7. The lowest BCUT2D eigenvalue weighted by Gasteiger charge is -2.39. The van der Waals surface area contributed by atoms with Gasteiger partial charge in [0.25, 0.3) is 21.6 Å². The zero-order valence-electron chi connectivity index (χ0n) is 35.6. The molecule has 63 heavy (non-hydrogen) atoms. The van der Waals surface area contributed by atoms with E-state index < -0.39 is 31.4 Å². The zero-order chi connectivity index (χ0) is 43.7.